The number of methoxy groups -OCH3 is 1. The van der Waals surface area contributed by atoms with E-state index in [1.807, 2.05) is 65.2 Å². The van der Waals surface area contributed by atoms with Gasteiger partial charge in [0.15, 0.2) is 0 Å². The first kappa shape index (κ1) is 26.6. The third-order valence-corrected chi connectivity index (χ3v) is 7.49. The average molecular weight is 529 g/mol. The Morgan fingerprint density at radius 3 is 2.56 bits per heavy atom. The Balaban J connectivity index is 1.19. The molecule has 202 valence electrons. The molecule has 1 N–H and O–H groups in total. The molecule has 3 aromatic carbocycles. The van der Waals surface area contributed by atoms with E-state index in [9.17, 15) is 14.0 Å². The van der Waals surface area contributed by atoms with Gasteiger partial charge in [-0.25, -0.2) is 4.39 Å². The van der Waals surface area contributed by atoms with Crippen molar-refractivity contribution in [1.82, 2.24) is 20.0 Å². The van der Waals surface area contributed by atoms with Gasteiger partial charge in [0.2, 0.25) is 0 Å². The minimum atomic E-state index is -0.390. The molecular formula is C31H33FN4O3. The van der Waals surface area contributed by atoms with Crippen LogP contribution >= 0.6 is 0 Å². The Kier molecular flexibility index (Phi) is 8.02. The molecule has 2 heterocycles. The maximum absolute atomic E-state index is 14.8. The van der Waals surface area contributed by atoms with E-state index in [1.54, 1.807) is 19.2 Å². The van der Waals surface area contributed by atoms with Crippen LogP contribution in [-0.4, -0.2) is 59.8 Å². The van der Waals surface area contributed by atoms with E-state index in [2.05, 4.69) is 5.32 Å². The summed E-state index contributed by atoms with van der Waals surface area (Å²) in [6.45, 7) is 4.85. The van der Waals surface area contributed by atoms with Gasteiger partial charge in [0.05, 0.1) is 12.1 Å². The number of hydrogen-bond acceptors (Lipinski definition) is 4. The molecule has 39 heavy (non-hydrogen) atoms. The number of rotatable bonds is 8. The molecule has 2 amide bonds. The van der Waals surface area contributed by atoms with Crippen LogP contribution in [-0.2, 0) is 11.3 Å². The molecule has 1 aromatic heterocycles. The van der Waals surface area contributed by atoms with Crippen LogP contribution in [0.4, 0.5) is 4.39 Å². The molecule has 1 fully saturated rings. The molecule has 1 aliphatic rings. The predicted octanol–water partition coefficient (Wildman–Crippen LogP) is 5.08. The van der Waals surface area contributed by atoms with Gasteiger partial charge < -0.3 is 15.0 Å². The maximum atomic E-state index is 14.8. The Morgan fingerprint density at radius 1 is 1.08 bits per heavy atom. The van der Waals surface area contributed by atoms with Crippen molar-refractivity contribution >= 4 is 22.7 Å². The van der Waals surface area contributed by atoms with Crippen LogP contribution in [0.2, 0.25) is 0 Å². The van der Waals surface area contributed by atoms with Gasteiger partial charge in [-0.05, 0) is 61.1 Å². The molecule has 0 bridgehead atoms. The van der Waals surface area contributed by atoms with Crippen molar-refractivity contribution in [2.24, 2.45) is 5.92 Å². The van der Waals surface area contributed by atoms with E-state index in [0.29, 0.717) is 48.8 Å². The first-order chi connectivity index (χ1) is 18.9. The van der Waals surface area contributed by atoms with Gasteiger partial charge in [0.1, 0.15) is 5.82 Å². The lowest BCUT2D eigenvalue weighted by atomic mass is 9.96. The number of aromatic nitrogens is 2. The average Bonchev–Trinajstić information content (AvgIpc) is 3.37. The lowest BCUT2D eigenvalue weighted by Crippen LogP contribution is -2.39. The van der Waals surface area contributed by atoms with Crippen LogP contribution in [0.5, 0.6) is 0 Å². The van der Waals surface area contributed by atoms with Gasteiger partial charge in [-0.3, -0.25) is 14.3 Å². The van der Waals surface area contributed by atoms with E-state index in [1.165, 1.54) is 6.07 Å². The number of likely N-dealkylation sites (tertiary alicyclic amines) is 1. The zero-order chi connectivity index (χ0) is 27.4. The highest BCUT2D eigenvalue weighted by molar-refractivity contribution is 6.00. The van der Waals surface area contributed by atoms with E-state index in [0.717, 1.165) is 41.4 Å². The summed E-state index contributed by atoms with van der Waals surface area (Å²) in [7, 11) is 1.60. The highest BCUT2D eigenvalue weighted by atomic mass is 19.1. The number of aryl methyl sites for hydroxylation is 1. The van der Waals surface area contributed by atoms with Gasteiger partial charge in [0, 0.05) is 61.6 Å². The number of nitrogens with zero attached hydrogens (tertiary/aromatic N) is 3. The largest absolute Gasteiger partial charge is 0.383 e. The molecule has 1 saturated heterocycles. The van der Waals surface area contributed by atoms with E-state index in [4.69, 9.17) is 9.84 Å². The summed E-state index contributed by atoms with van der Waals surface area (Å²) in [4.78, 5) is 27.5. The molecule has 0 atom stereocenters. The SMILES string of the molecule is COCCNC(=O)c1ccc2nn(CC3CCN(C(=O)c4ccc(-c5ccccc5)c(F)c4)CC3)cc2c1C. The molecule has 0 aliphatic carbocycles. The highest BCUT2D eigenvalue weighted by Crippen LogP contribution is 2.27. The van der Waals surface area contributed by atoms with Gasteiger partial charge in [-0.15, -0.1) is 0 Å². The Bertz CT molecular complexity index is 1480. The number of ether oxygens (including phenoxy) is 1. The molecule has 0 radical (unpaired) electrons. The zero-order valence-electron chi connectivity index (χ0n) is 22.3. The summed E-state index contributed by atoms with van der Waals surface area (Å²) < 4.78 is 21.8. The third-order valence-electron chi connectivity index (χ3n) is 7.49. The van der Waals surface area contributed by atoms with Crippen molar-refractivity contribution in [3.63, 3.8) is 0 Å². The lowest BCUT2D eigenvalue weighted by molar-refractivity contribution is 0.0680. The standard InChI is InChI=1S/C31H33FN4O3/c1-21-25(30(37)33-14-17-39-2)10-11-29-27(21)20-36(34-29)19-22-12-15-35(16-13-22)31(38)24-8-9-26(28(32)18-24)23-6-4-3-5-7-23/h3-11,18,20,22H,12-17,19H2,1-2H3,(H,33,37). The second-order valence-electron chi connectivity index (χ2n) is 10.1. The van der Waals surface area contributed by atoms with Gasteiger partial charge in [-0.2, -0.15) is 5.10 Å². The number of halogens is 1. The van der Waals surface area contributed by atoms with Crippen LogP contribution in [0, 0.1) is 18.7 Å². The second kappa shape index (κ2) is 11.8. The molecular weight excluding hydrogens is 495 g/mol. The molecule has 8 heteroatoms. The van der Waals surface area contributed by atoms with Gasteiger partial charge in [0.25, 0.3) is 11.8 Å². The quantitative estimate of drug-likeness (QED) is 0.324. The zero-order valence-corrected chi connectivity index (χ0v) is 22.3. The number of amides is 2. The highest BCUT2D eigenvalue weighted by Gasteiger charge is 2.25. The van der Waals surface area contributed by atoms with Crippen molar-refractivity contribution in [2.45, 2.75) is 26.3 Å². The Morgan fingerprint density at radius 2 is 1.85 bits per heavy atom. The summed E-state index contributed by atoms with van der Waals surface area (Å²) in [6.07, 6.45) is 3.70. The number of nitrogens with one attached hydrogen (secondary N) is 1. The number of hydrogen-bond donors (Lipinski definition) is 1. The van der Waals surface area contributed by atoms with E-state index >= 15 is 0 Å². The number of carbonyl (C=O) groups excluding carboxylic acids is 2. The molecule has 1 aliphatic heterocycles. The molecule has 0 saturated carbocycles. The van der Waals surface area contributed by atoms with Crippen molar-refractivity contribution in [3.05, 3.63) is 89.4 Å². The van der Waals surface area contributed by atoms with Crippen LogP contribution < -0.4 is 5.32 Å². The minimum absolute atomic E-state index is 0.120. The van der Waals surface area contributed by atoms with E-state index in [-0.39, 0.29) is 11.8 Å². The van der Waals surface area contributed by atoms with Gasteiger partial charge >= 0.3 is 0 Å². The lowest BCUT2D eigenvalue weighted by Gasteiger charge is -2.32. The number of carbonyl (C=O) groups is 2. The van der Waals surface area contributed by atoms with Crippen molar-refractivity contribution in [3.8, 4) is 11.1 Å². The molecule has 0 unspecified atom stereocenters. The fourth-order valence-corrected chi connectivity index (χ4v) is 5.25. The normalized spacial score (nSPS) is 14.1. The third kappa shape index (κ3) is 5.86. The van der Waals surface area contributed by atoms with Crippen molar-refractivity contribution in [1.29, 1.82) is 0 Å². The topological polar surface area (TPSA) is 76.5 Å². The summed E-state index contributed by atoms with van der Waals surface area (Å²) in [5.41, 5.74) is 4.05. The monoisotopic (exact) mass is 528 g/mol. The fraction of sp³-hybridized carbons (Fsp3) is 0.323. The van der Waals surface area contributed by atoms with Gasteiger partial charge in [-0.1, -0.05) is 36.4 Å². The Labute approximate surface area is 227 Å². The first-order valence-corrected chi connectivity index (χ1v) is 13.3. The number of fused-ring (bicyclic) bond motifs is 1. The predicted molar refractivity (Wildman–Crippen MR) is 149 cm³/mol. The molecule has 5 rings (SSSR count). The first-order valence-electron chi connectivity index (χ1n) is 13.3. The molecule has 7 nitrogen and oxygen atoms in total. The smallest absolute Gasteiger partial charge is 0.253 e. The van der Waals surface area contributed by atoms with Crippen LogP contribution in [0.15, 0.2) is 66.9 Å². The second-order valence-corrected chi connectivity index (χ2v) is 10.1. The van der Waals surface area contributed by atoms with Crippen LogP contribution in [0.3, 0.4) is 0 Å². The maximum Gasteiger partial charge on any atom is 0.253 e. The molecule has 4 aromatic rings. The Hall–Kier alpha value is -4.04. The van der Waals surface area contributed by atoms with Crippen molar-refractivity contribution < 1.29 is 18.7 Å². The summed E-state index contributed by atoms with van der Waals surface area (Å²) in [6, 6.07) is 17.8. The summed E-state index contributed by atoms with van der Waals surface area (Å²) in [5.74, 6) is -0.272. The van der Waals surface area contributed by atoms with Crippen LogP contribution in [0.1, 0.15) is 39.1 Å². The van der Waals surface area contributed by atoms with E-state index < -0.39 is 5.82 Å². The minimum Gasteiger partial charge on any atom is -0.383 e. The summed E-state index contributed by atoms with van der Waals surface area (Å²) in [5, 5.41) is 8.56. The molecule has 0 spiro atoms. The number of piperidine rings is 1. The summed E-state index contributed by atoms with van der Waals surface area (Å²) >= 11 is 0. The fourth-order valence-electron chi connectivity index (χ4n) is 5.25. The number of benzene rings is 3. The van der Waals surface area contributed by atoms with Crippen molar-refractivity contribution in [2.75, 3.05) is 33.4 Å². The van der Waals surface area contributed by atoms with Crippen LogP contribution in [0.25, 0.3) is 22.0 Å².